The molecule has 0 spiro atoms. The Balaban J connectivity index is 1.81. The van der Waals surface area contributed by atoms with Crippen LogP contribution in [0.1, 0.15) is 37.1 Å². The highest BCUT2D eigenvalue weighted by Crippen LogP contribution is 2.28. The number of rotatable bonds is 2. The van der Waals surface area contributed by atoms with Crippen LogP contribution in [-0.4, -0.2) is 22.7 Å². The van der Waals surface area contributed by atoms with Gasteiger partial charge in [-0.1, -0.05) is 35.0 Å². The Morgan fingerprint density at radius 2 is 2.05 bits per heavy atom. The number of nitrogens with zero attached hydrogens (tertiary/aromatic N) is 2. The van der Waals surface area contributed by atoms with Gasteiger partial charge in [0.15, 0.2) is 0 Å². The van der Waals surface area contributed by atoms with Gasteiger partial charge < -0.3 is 9.84 Å². The van der Waals surface area contributed by atoms with Gasteiger partial charge in [-0.05, 0) is 33.2 Å². The maximum absolute atomic E-state index is 5.45. The maximum Gasteiger partial charge on any atom is 0.230 e. The molecular weight excluding hydrogens is 238 g/mol. The van der Waals surface area contributed by atoms with E-state index in [0.717, 1.165) is 30.8 Å². The molecule has 1 fully saturated rings. The summed E-state index contributed by atoms with van der Waals surface area (Å²) in [7, 11) is 0. The second kappa shape index (κ2) is 5.13. The van der Waals surface area contributed by atoms with E-state index in [9.17, 15) is 0 Å². The average molecular weight is 257 g/mol. The molecule has 4 nitrogen and oxygen atoms in total. The van der Waals surface area contributed by atoms with Crippen molar-refractivity contribution in [1.29, 1.82) is 0 Å². The van der Waals surface area contributed by atoms with Crippen molar-refractivity contribution in [3.8, 4) is 11.4 Å². The average Bonchev–Trinajstić information content (AvgIpc) is 2.89. The van der Waals surface area contributed by atoms with Gasteiger partial charge in [0.05, 0.1) is 0 Å². The monoisotopic (exact) mass is 257 g/mol. The molecule has 4 heteroatoms. The van der Waals surface area contributed by atoms with Gasteiger partial charge in [-0.25, -0.2) is 0 Å². The normalized spacial score (nSPS) is 23.5. The van der Waals surface area contributed by atoms with Gasteiger partial charge in [-0.2, -0.15) is 4.98 Å². The van der Waals surface area contributed by atoms with E-state index >= 15 is 0 Å². The second-order valence-corrected chi connectivity index (χ2v) is 5.40. The predicted molar refractivity (Wildman–Crippen MR) is 73.9 cm³/mol. The molecule has 0 aliphatic carbocycles. The summed E-state index contributed by atoms with van der Waals surface area (Å²) in [4.78, 5) is 4.56. The molecule has 2 atom stereocenters. The number of benzene rings is 1. The summed E-state index contributed by atoms with van der Waals surface area (Å²) in [5.74, 6) is 1.87. The predicted octanol–water partition coefficient (Wildman–Crippen LogP) is 2.90. The van der Waals surface area contributed by atoms with E-state index in [1.165, 1.54) is 5.56 Å². The molecule has 2 unspecified atom stereocenters. The van der Waals surface area contributed by atoms with E-state index < -0.39 is 0 Å². The summed E-state index contributed by atoms with van der Waals surface area (Å²) in [5, 5.41) is 7.55. The Kier molecular flexibility index (Phi) is 3.34. The molecule has 2 aromatic rings. The first-order valence-corrected chi connectivity index (χ1v) is 6.86. The molecule has 2 heterocycles. The third-order valence-electron chi connectivity index (χ3n) is 3.72. The standard InChI is InChI=1S/C15H19N3O/c1-10-3-5-12(6-4-10)14-17-15(19-18-14)13-7-8-16-11(2)9-13/h3-6,11,13,16H,7-9H2,1-2H3. The molecule has 1 N–H and O–H groups in total. The van der Waals surface area contributed by atoms with E-state index in [-0.39, 0.29) is 0 Å². The van der Waals surface area contributed by atoms with E-state index in [2.05, 4.69) is 41.4 Å². The van der Waals surface area contributed by atoms with E-state index in [4.69, 9.17) is 4.52 Å². The summed E-state index contributed by atoms with van der Waals surface area (Å²) in [6.45, 7) is 5.29. The van der Waals surface area contributed by atoms with Crippen molar-refractivity contribution in [3.05, 3.63) is 35.7 Å². The summed E-state index contributed by atoms with van der Waals surface area (Å²) in [5.41, 5.74) is 2.25. The van der Waals surface area contributed by atoms with Crippen LogP contribution in [-0.2, 0) is 0 Å². The third-order valence-corrected chi connectivity index (χ3v) is 3.72. The molecule has 0 bridgehead atoms. The number of piperidine rings is 1. The topological polar surface area (TPSA) is 51.0 Å². The van der Waals surface area contributed by atoms with E-state index in [1.54, 1.807) is 0 Å². The second-order valence-electron chi connectivity index (χ2n) is 5.40. The first-order chi connectivity index (χ1) is 9.22. The molecule has 0 saturated carbocycles. The molecule has 1 aliphatic rings. The van der Waals surface area contributed by atoms with Crippen LogP contribution < -0.4 is 5.32 Å². The Hall–Kier alpha value is -1.68. The molecular formula is C15H19N3O. The van der Waals surface area contributed by atoms with Crippen molar-refractivity contribution in [1.82, 2.24) is 15.5 Å². The van der Waals surface area contributed by atoms with Crippen LogP contribution in [0, 0.1) is 6.92 Å². The molecule has 3 rings (SSSR count). The minimum Gasteiger partial charge on any atom is -0.339 e. The summed E-state index contributed by atoms with van der Waals surface area (Å²) in [6, 6.07) is 8.73. The molecule has 0 amide bonds. The van der Waals surface area contributed by atoms with Crippen molar-refractivity contribution in [2.45, 2.75) is 38.6 Å². The van der Waals surface area contributed by atoms with Crippen molar-refractivity contribution >= 4 is 0 Å². The largest absolute Gasteiger partial charge is 0.339 e. The van der Waals surface area contributed by atoms with Gasteiger partial charge in [-0.3, -0.25) is 0 Å². The highest BCUT2D eigenvalue weighted by molar-refractivity contribution is 5.54. The van der Waals surface area contributed by atoms with Crippen LogP contribution >= 0.6 is 0 Å². The quantitative estimate of drug-likeness (QED) is 0.898. The lowest BCUT2D eigenvalue weighted by Gasteiger charge is -2.25. The highest BCUT2D eigenvalue weighted by atomic mass is 16.5. The zero-order valence-electron chi connectivity index (χ0n) is 11.4. The first kappa shape index (κ1) is 12.4. The van der Waals surface area contributed by atoms with Gasteiger partial charge in [0, 0.05) is 17.5 Å². The van der Waals surface area contributed by atoms with Gasteiger partial charge in [0.25, 0.3) is 0 Å². The highest BCUT2D eigenvalue weighted by Gasteiger charge is 2.25. The van der Waals surface area contributed by atoms with Gasteiger partial charge in [0.1, 0.15) is 0 Å². The SMILES string of the molecule is Cc1ccc(-c2noc(C3CCNC(C)C3)n2)cc1. The van der Waals surface area contributed by atoms with Crippen LogP contribution in [0.25, 0.3) is 11.4 Å². The zero-order valence-corrected chi connectivity index (χ0v) is 11.4. The lowest BCUT2D eigenvalue weighted by molar-refractivity contribution is 0.295. The van der Waals surface area contributed by atoms with Gasteiger partial charge in [0.2, 0.25) is 11.7 Å². The lowest BCUT2D eigenvalue weighted by Crippen LogP contribution is -2.34. The minimum atomic E-state index is 0.392. The molecule has 100 valence electrons. The minimum absolute atomic E-state index is 0.392. The Labute approximate surface area is 113 Å². The summed E-state index contributed by atoms with van der Waals surface area (Å²) >= 11 is 0. The zero-order chi connectivity index (χ0) is 13.2. The van der Waals surface area contributed by atoms with Crippen LogP contribution in [0.4, 0.5) is 0 Å². The fourth-order valence-corrected chi connectivity index (χ4v) is 2.58. The lowest BCUT2D eigenvalue weighted by atomic mass is 9.93. The number of hydrogen-bond acceptors (Lipinski definition) is 4. The fourth-order valence-electron chi connectivity index (χ4n) is 2.58. The van der Waals surface area contributed by atoms with Crippen molar-refractivity contribution in [2.24, 2.45) is 0 Å². The van der Waals surface area contributed by atoms with Crippen molar-refractivity contribution < 1.29 is 4.52 Å². The maximum atomic E-state index is 5.45. The number of hydrogen-bond donors (Lipinski definition) is 1. The smallest absolute Gasteiger partial charge is 0.230 e. The summed E-state index contributed by atoms with van der Waals surface area (Å²) in [6.07, 6.45) is 2.13. The van der Waals surface area contributed by atoms with E-state index in [0.29, 0.717) is 17.8 Å². The molecule has 1 saturated heterocycles. The fraction of sp³-hybridized carbons (Fsp3) is 0.467. The Morgan fingerprint density at radius 3 is 2.79 bits per heavy atom. The third kappa shape index (κ3) is 2.68. The van der Waals surface area contributed by atoms with Crippen molar-refractivity contribution in [2.75, 3.05) is 6.54 Å². The first-order valence-electron chi connectivity index (χ1n) is 6.86. The van der Waals surface area contributed by atoms with Crippen LogP contribution in [0.15, 0.2) is 28.8 Å². The molecule has 0 radical (unpaired) electrons. The van der Waals surface area contributed by atoms with Crippen molar-refractivity contribution in [3.63, 3.8) is 0 Å². The Bertz CT molecular complexity index is 547. The number of aromatic nitrogens is 2. The van der Waals surface area contributed by atoms with Crippen LogP contribution in [0.2, 0.25) is 0 Å². The molecule has 1 aliphatic heterocycles. The van der Waals surface area contributed by atoms with Crippen LogP contribution in [0.3, 0.4) is 0 Å². The van der Waals surface area contributed by atoms with Crippen LogP contribution in [0.5, 0.6) is 0 Å². The van der Waals surface area contributed by atoms with E-state index in [1.807, 2.05) is 12.1 Å². The number of nitrogens with one attached hydrogen (secondary N) is 1. The number of aryl methyl sites for hydroxylation is 1. The Morgan fingerprint density at radius 1 is 1.26 bits per heavy atom. The molecule has 1 aromatic carbocycles. The summed E-state index contributed by atoms with van der Waals surface area (Å²) < 4.78 is 5.45. The molecule has 19 heavy (non-hydrogen) atoms. The van der Waals surface area contributed by atoms with Gasteiger partial charge >= 0.3 is 0 Å². The van der Waals surface area contributed by atoms with Gasteiger partial charge in [-0.15, -0.1) is 0 Å². The molecule has 1 aromatic heterocycles.